The first kappa shape index (κ1) is 23.5. The molecule has 9 nitrogen and oxygen atoms in total. The zero-order valence-electron chi connectivity index (χ0n) is 18.5. The first-order valence-electron chi connectivity index (χ1n) is 11.0. The predicted octanol–water partition coefficient (Wildman–Crippen LogP) is 1.67. The number of hydrogen-bond donors (Lipinski definition) is 4. The Labute approximate surface area is 193 Å². The van der Waals surface area contributed by atoms with Crippen molar-refractivity contribution in [1.29, 1.82) is 0 Å². The highest BCUT2D eigenvalue weighted by Gasteiger charge is 2.23. The van der Waals surface area contributed by atoms with Crippen LogP contribution in [0.2, 0.25) is 0 Å². The summed E-state index contributed by atoms with van der Waals surface area (Å²) < 4.78 is 41.9. The maximum atomic E-state index is 11.4. The van der Waals surface area contributed by atoms with Crippen molar-refractivity contribution in [3.05, 3.63) is 41.5 Å². The molecule has 4 N–H and O–H groups in total. The van der Waals surface area contributed by atoms with Gasteiger partial charge in [-0.3, -0.25) is 4.72 Å². The Hall–Kier alpha value is -2.69. The lowest BCUT2D eigenvalue weighted by molar-refractivity contribution is 0.105. The van der Waals surface area contributed by atoms with E-state index in [1.807, 2.05) is 0 Å². The van der Waals surface area contributed by atoms with Crippen LogP contribution < -0.4 is 24.2 Å². The van der Waals surface area contributed by atoms with E-state index in [0.29, 0.717) is 31.4 Å². The number of fused-ring (bicyclic) bond motifs is 2. The molecular formula is C23H30N2O7S. The van der Waals surface area contributed by atoms with Crippen molar-refractivity contribution >= 4 is 15.7 Å². The van der Waals surface area contributed by atoms with Crippen molar-refractivity contribution in [3.8, 4) is 23.0 Å². The number of aromatic hydroxyl groups is 1. The van der Waals surface area contributed by atoms with Gasteiger partial charge in [-0.05, 0) is 67.1 Å². The van der Waals surface area contributed by atoms with E-state index < -0.39 is 16.1 Å². The van der Waals surface area contributed by atoms with Gasteiger partial charge in [0.15, 0.2) is 11.5 Å². The highest BCUT2D eigenvalue weighted by atomic mass is 32.2. The van der Waals surface area contributed by atoms with Gasteiger partial charge < -0.3 is 29.7 Å². The van der Waals surface area contributed by atoms with Gasteiger partial charge in [-0.2, -0.15) is 0 Å². The number of benzene rings is 2. The third-order valence-electron chi connectivity index (χ3n) is 5.71. The van der Waals surface area contributed by atoms with Crippen LogP contribution in [-0.2, 0) is 22.9 Å². The van der Waals surface area contributed by atoms with Crippen LogP contribution in [0.15, 0.2) is 30.3 Å². The zero-order valence-corrected chi connectivity index (χ0v) is 19.4. The maximum absolute atomic E-state index is 11.4. The summed E-state index contributed by atoms with van der Waals surface area (Å²) in [7, 11) is -3.53. The van der Waals surface area contributed by atoms with Gasteiger partial charge in [-0.1, -0.05) is 0 Å². The Bertz CT molecular complexity index is 1090. The first-order valence-corrected chi connectivity index (χ1v) is 12.9. The van der Waals surface area contributed by atoms with E-state index in [9.17, 15) is 18.6 Å². The molecule has 0 amide bonds. The van der Waals surface area contributed by atoms with E-state index in [1.54, 1.807) is 0 Å². The molecule has 0 spiro atoms. The van der Waals surface area contributed by atoms with Gasteiger partial charge in [-0.25, -0.2) is 8.42 Å². The monoisotopic (exact) mass is 478 g/mol. The van der Waals surface area contributed by atoms with Crippen LogP contribution in [-0.4, -0.2) is 63.9 Å². The topological polar surface area (TPSA) is 126 Å². The van der Waals surface area contributed by atoms with Crippen LogP contribution in [0.3, 0.4) is 0 Å². The number of hydrogen-bond acceptors (Lipinski definition) is 8. The number of rotatable bonds is 9. The lowest BCUT2D eigenvalue weighted by atomic mass is 9.83. The summed E-state index contributed by atoms with van der Waals surface area (Å²) >= 11 is 0. The summed E-state index contributed by atoms with van der Waals surface area (Å²) in [6, 6.07) is 8.43. The quantitative estimate of drug-likeness (QED) is 0.401. The largest absolute Gasteiger partial charge is 0.506 e. The van der Waals surface area contributed by atoms with Gasteiger partial charge in [0.25, 0.3) is 0 Å². The summed E-state index contributed by atoms with van der Waals surface area (Å²) in [4.78, 5) is 0. The first-order chi connectivity index (χ1) is 15.8. The molecule has 2 aromatic rings. The molecule has 1 heterocycles. The fourth-order valence-corrected chi connectivity index (χ4v) is 4.70. The third kappa shape index (κ3) is 6.43. The number of nitrogens with one attached hydrogen (secondary N) is 2. The fraction of sp³-hybridized carbons (Fsp3) is 0.478. The van der Waals surface area contributed by atoms with E-state index in [-0.39, 0.29) is 18.0 Å². The van der Waals surface area contributed by atoms with Crippen LogP contribution in [0.4, 0.5) is 5.69 Å². The SMILES string of the molecule is CS(=O)(=O)Nc1cc(OC[C@H](O)CNCC2CCc3cc4c(cc3C2)OCCO4)ccc1O. The number of phenolic OH excluding ortho intramolecular Hbond substituents is 1. The third-order valence-corrected chi connectivity index (χ3v) is 6.30. The maximum Gasteiger partial charge on any atom is 0.229 e. The van der Waals surface area contributed by atoms with Gasteiger partial charge >= 0.3 is 0 Å². The summed E-state index contributed by atoms with van der Waals surface area (Å²) in [6.07, 6.45) is 3.27. The smallest absolute Gasteiger partial charge is 0.229 e. The van der Waals surface area contributed by atoms with Gasteiger partial charge in [0.2, 0.25) is 10.0 Å². The summed E-state index contributed by atoms with van der Waals surface area (Å²) in [5, 5.41) is 23.4. The summed E-state index contributed by atoms with van der Waals surface area (Å²) in [5.74, 6) is 2.27. The molecule has 2 aliphatic rings. The van der Waals surface area contributed by atoms with E-state index in [2.05, 4.69) is 22.2 Å². The van der Waals surface area contributed by atoms with Crippen LogP contribution in [0.25, 0.3) is 0 Å². The minimum Gasteiger partial charge on any atom is -0.506 e. The molecule has 0 aromatic heterocycles. The van der Waals surface area contributed by atoms with Crippen LogP contribution >= 0.6 is 0 Å². The second-order valence-electron chi connectivity index (χ2n) is 8.55. The Morgan fingerprint density at radius 1 is 1.15 bits per heavy atom. The minimum atomic E-state index is -3.53. The molecule has 180 valence electrons. The normalized spacial score (nSPS) is 18.3. The van der Waals surface area contributed by atoms with Crippen molar-refractivity contribution in [2.45, 2.75) is 25.4 Å². The van der Waals surface area contributed by atoms with Crippen LogP contribution in [0.5, 0.6) is 23.0 Å². The molecule has 10 heteroatoms. The lowest BCUT2D eigenvalue weighted by Crippen LogP contribution is -2.35. The summed E-state index contributed by atoms with van der Waals surface area (Å²) in [5.41, 5.74) is 2.65. The van der Waals surface area contributed by atoms with Gasteiger partial charge in [0, 0.05) is 12.6 Å². The molecule has 0 radical (unpaired) electrons. The standard InChI is InChI=1S/C23H30N2O7S/c1-33(28,29)25-20-11-19(4-5-21(20)27)32-14-18(26)13-24-12-15-2-3-16-9-22-23(10-17(16)8-15)31-7-6-30-22/h4-5,9-11,15,18,24-27H,2-3,6-8,12-14H2,1H3/t15?,18-/m1/s1. The molecule has 0 saturated carbocycles. The van der Waals surface area contributed by atoms with Crippen LogP contribution in [0, 0.1) is 5.92 Å². The van der Waals surface area contributed by atoms with Crippen molar-refractivity contribution < 1.29 is 32.8 Å². The molecule has 4 rings (SSSR count). The number of aryl methyl sites for hydroxylation is 1. The average Bonchev–Trinajstić information content (AvgIpc) is 2.77. The number of aliphatic hydroxyl groups is 1. The molecule has 1 unspecified atom stereocenters. The second-order valence-corrected chi connectivity index (χ2v) is 10.3. The summed E-state index contributed by atoms with van der Waals surface area (Å²) in [6.45, 7) is 2.36. The number of aliphatic hydroxyl groups excluding tert-OH is 1. The number of phenols is 1. The average molecular weight is 479 g/mol. The zero-order chi connectivity index (χ0) is 23.4. The molecule has 1 aliphatic heterocycles. The molecule has 2 atom stereocenters. The highest BCUT2D eigenvalue weighted by molar-refractivity contribution is 7.92. The van der Waals surface area contributed by atoms with Crippen molar-refractivity contribution in [1.82, 2.24) is 5.32 Å². The Morgan fingerprint density at radius 3 is 2.61 bits per heavy atom. The van der Waals surface area contributed by atoms with Gasteiger partial charge in [0.05, 0.1) is 11.9 Å². The minimum absolute atomic E-state index is 0.0263. The predicted molar refractivity (Wildman–Crippen MR) is 124 cm³/mol. The van der Waals surface area contributed by atoms with E-state index in [4.69, 9.17) is 14.2 Å². The lowest BCUT2D eigenvalue weighted by Gasteiger charge is -2.28. The number of sulfonamides is 1. The Balaban J connectivity index is 1.22. The molecule has 0 bridgehead atoms. The number of anilines is 1. The molecule has 33 heavy (non-hydrogen) atoms. The van der Waals surface area contributed by atoms with Crippen LogP contribution in [0.1, 0.15) is 17.5 Å². The highest BCUT2D eigenvalue weighted by Crippen LogP contribution is 2.37. The van der Waals surface area contributed by atoms with Crippen molar-refractivity contribution in [2.24, 2.45) is 5.92 Å². The van der Waals surface area contributed by atoms with Crippen molar-refractivity contribution in [2.75, 3.05) is 43.9 Å². The van der Waals surface area contributed by atoms with E-state index in [1.165, 1.54) is 29.3 Å². The second kappa shape index (κ2) is 10.1. The van der Waals surface area contributed by atoms with E-state index in [0.717, 1.165) is 43.6 Å². The van der Waals surface area contributed by atoms with Crippen molar-refractivity contribution in [3.63, 3.8) is 0 Å². The van der Waals surface area contributed by atoms with E-state index >= 15 is 0 Å². The van der Waals surface area contributed by atoms with Gasteiger partial charge in [0.1, 0.15) is 37.4 Å². The Kier molecular flexibility index (Phi) is 7.16. The number of ether oxygens (including phenoxy) is 3. The molecular weight excluding hydrogens is 448 g/mol. The molecule has 0 fully saturated rings. The molecule has 0 saturated heterocycles. The Morgan fingerprint density at radius 2 is 1.88 bits per heavy atom. The fourth-order valence-electron chi connectivity index (χ4n) is 4.13. The van der Waals surface area contributed by atoms with Gasteiger partial charge in [-0.15, -0.1) is 0 Å². The molecule has 2 aromatic carbocycles. The molecule has 1 aliphatic carbocycles.